The number of carbonyl (C=O) groups is 1. The average molecular weight is 344 g/mol. The highest BCUT2D eigenvalue weighted by atomic mass is 35.5. The molecule has 0 unspecified atom stereocenters. The molecule has 0 saturated heterocycles. The maximum atomic E-state index is 11.4. The fourth-order valence-electron chi connectivity index (χ4n) is 2.51. The van der Waals surface area contributed by atoms with Crippen LogP contribution in [0.15, 0.2) is 6.20 Å². The first-order chi connectivity index (χ1) is 11.2. The molecule has 1 aromatic heterocycles. The fraction of sp³-hybridized carbons (Fsp3) is 0.722. The van der Waals surface area contributed by atoms with Crippen molar-refractivity contribution in [1.29, 1.82) is 0 Å². The summed E-state index contributed by atoms with van der Waals surface area (Å²) in [7, 11) is 1.32. The highest BCUT2D eigenvalue weighted by Gasteiger charge is 2.17. The molecule has 1 rings (SSSR count). The minimum absolute atomic E-state index is 0.243. The summed E-state index contributed by atoms with van der Waals surface area (Å²) < 4.78 is 10.2. The van der Waals surface area contributed by atoms with Crippen LogP contribution in [0.3, 0.4) is 0 Å². The van der Waals surface area contributed by atoms with E-state index in [4.69, 9.17) is 16.3 Å². The first-order valence-corrected chi connectivity index (χ1v) is 9.16. The van der Waals surface area contributed by atoms with Crippen LogP contribution in [-0.2, 0) is 4.74 Å². The maximum absolute atomic E-state index is 11.4. The van der Waals surface area contributed by atoms with Gasteiger partial charge in [-0.05, 0) is 6.42 Å². The van der Waals surface area contributed by atoms with Crippen LogP contribution in [0.5, 0.6) is 5.75 Å². The Morgan fingerprint density at radius 1 is 1.04 bits per heavy atom. The van der Waals surface area contributed by atoms with Crippen molar-refractivity contribution in [3.8, 4) is 5.75 Å². The molecule has 132 valence electrons. The molecule has 0 amide bonds. The number of rotatable bonds is 13. The zero-order valence-corrected chi connectivity index (χ0v) is 15.2. The van der Waals surface area contributed by atoms with Crippen LogP contribution in [0.4, 0.5) is 0 Å². The normalized spacial score (nSPS) is 10.7. The molecule has 4 nitrogen and oxygen atoms in total. The second-order valence-corrected chi connectivity index (χ2v) is 6.24. The number of esters is 1. The summed E-state index contributed by atoms with van der Waals surface area (Å²) in [4.78, 5) is 14.2. The third-order valence-corrected chi connectivity index (χ3v) is 4.30. The Morgan fingerprint density at radius 2 is 1.61 bits per heavy atom. The lowest BCUT2D eigenvalue weighted by Crippen LogP contribution is -2.02. The number of aromatic nitrogens is 1. The van der Waals surface area contributed by atoms with E-state index in [1.165, 1.54) is 64.9 Å². The van der Waals surface area contributed by atoms with E-state index in [0.29, 0.717) is 17.4 Å². The van der Waals surface area contributed by atoms with Gasteiger partial charge in [-0.3, -0.25) is 0 Å². The molecule has 1 aromatic rings. The van der Waals surface area contributed by atoms with E-state index in [1.807, 2.05) is 0 Å². The molecule has 0 spiro atoms. The number of halogens is 1. The van der Waals surface area contributed by atoms with Crippen LogP contribution >= 0.6 is 11.6 Å². The summed E-state index contributed by atoms with van der Waals surface area (Å²) in [5.74, 6) is 0.0341. The highest BCUT2D eigenvalue weighted by Crippen LogP contribution is 2.28. The maximum Gasteiger partial charge on any atom is 0.356 e. The third kappa shape index (κ3) is 7.78. The summed E-state index contributed by atoms with van der Waals surface area (Å²) in [5, 5.41) is 0.295. The molecule has 23 heavy (non-hydrogen) atoms. The van der Waals surface area contributed by atoms with Crippen molar-refractivity contribution < 1.29 is 14.3 Å². The van der Waals surface area contributed by atoms with Gasteiger partial charge in [0.15, 0.2) is 5.75 Å². The molecule has 0 radical (unpaired) electrons. The van der Waals surface area contributed by atoms with Crippen molar-refractivity contribution in [2.45, 2.75) is 71.1 Å². The number of aromatic amines is 1. The van der Waals surface area contributed by atoms with Crippen molar-refractivity contribution in [2.75, 3.05) is 13.7 Å². The molecule has 5 heteroatoms. The van der Waals surface area contributed by atoms with Gasteiger partial charge >= 0.3 is 5.97 Å². The topological polar surface area (TPSA) is 51.3 Å². The molecule has 0 aliphatic carbocycles. The highest BCUT2D eigenvalue weighted by molar-refractivity contribution is 6.34. The minimum Gasteiger partial charge on any atom is -0.490 e. The van der Waals surface area contributed by atoms with Gasteiger partial charge in [-0.15, -0.1) is 0 Å². The quantitative estimate of drug-likeness (QED) is 0.366. The van der Waals surface area contributed by atoms with E-state index in [0.717, 1.165) is 6.42 Å². The van der Waals surface area contributed by atoms with Crippen molar-refractivity contribution in [1.82, 2.24) is 4.98 Å². The predicted molar refractivity (Wildman–Crippen MR) is 94.5 cm³/mol. The van der Waals surface area contributed by atoms with Gasteiger partial charge in [0.25, 0.3) is 0 Å². The van der Waals surface area contributed by atoms with Crippen molar-refractivity contribution in [2.24, 2.45) is 0 Å². The van der Waals surface area contributed by atoms with Gasteiger partial charge in [0, 0.05) is 6.20 Å². The minimum atomic E-state index is -0.483. The van der Waals surface area contributed by atoms with Gasteiger partial charge < -0.3 is 14.5 Å². The van der Waals surface area contributed by atoms with Gasteiger partial charge in [0.2, 0.25) is 0 Å². The Labute approximate surface area is 144 Å². The Morgan fingerprint density at radius 3 is 2.17 bits per heavy atom. The van der Waals surface area contributed by atoms with E-state index in [-0.39, 0.29) is 5.69 Å². The first-order valence-electron chi connectivity index (χ1n) is 8.78. The molecule has 0 saturated carbocycles. The molecule has 1 heterocycles. The standard InChI is InChI=1S/C18H30ClNO3/c1-3-4-5-6-7-8-9-10-11-12-13-23-15-14-20-17(16(15)19)18(21)22-2/h14,20H,3-13H2,1-2H3. The second-order valence-electron chi connectivity index (χ2n) is 5.86. The summed E-state index contributed by atoms with van der Waals surface area (Å²) >= 11 is 6.07. The number of unbranched alkanes of at least 4 members (excludes halogenated alkanes) is 9. The Balaban J connectivity index is 2.03. The smallest absolute Gasteiger partial charge is 0.356 e. The number of hydrogen-bond donors (Lipinski definition) is 1. The van der Waals surface area contributed by atoms with Gasteiger partial charge in [0.1, 0.15) is 10.7 Å². The lowest BCUT2D eigenvalue weighted by molar-refractivity contribution is 0.0595. The number of hydrogen-bond acceptors (Lipinski definition) is 3. The SMILES string of the molecule is CCCCCCCCCCCCOc1c[nH]c(C(=O)OC)c1Cl. The summed E-state index contributed by atoms with van der Waals surface area (Å²) in [5.41, 5.74) is 0.243. The van der Waals surface area contributed by atoms with E-state index in [9.17, 15) is 4.79 Å². The van der Waals surface area contributed by atoms with Crippen LogP contribution < -0.4 is 4.74 Å². The van der Waals surface area contributed by atoms with E-state index in [1.54, 1.807) is 6.20 Å². The molecule has 0 fully saturated rings. The summed E-state index contributed by atoms with van der Waals surface area (Å²) in [6.45, 7) is 2.87. The Bertz CT molecular complexity index is 445. The number of carbonyl (C=O) groups excluding carboxylic acids is 1. The molecule has 1 N–H and O–H groups in total. The number of nitrogens with one attached hydrogen (secondary N) is 1. The lowest BCUT2D eigenvalue weighted by Gasteiger charge is -2.05. The van der Waals surface area contributed by atoms with Crippen LogP contribution in [-0.4, -0.2) is 24.7 Å². The summed E-state index contributed by atoms with van der Waals surface area (Å²) in [6, 6.07) is 0. The van der Waals surface area contributed by atoms with E-state index >= 15 is 0 Å². The second kappa shape index (κ2) is 12.3. The molecule has 0 aliphatic rings. The fourth-order valence-corrected chi connectivity index (χ4v) is 2.76. The predicted octanol–water partition coefficient (Wildman–Crippen LogP) is 5.75. The molecule has 0 aromatic carbocycles. The number of ether oxygens (including phenoxy) is 2. The van der Waals surface area contributed by atoms with Crippen LogP contribution in [0.1, 0.15) is 81.6 Å². The number of H-pyrrole nitrogens is 1. The van der Waals surface area contributed by atoms with Crippen LogP contribution in [0.25, 0.3) is 0 Å². The molecular formula is C18H30ClNO3. The largest absolute Gasteiger partial charge is 0.490 e. The molecular weight excluding hydrogens is 314 g/mol. The van der Waals surface area contributed by atoms with Crippen molar-refractivity contribution >= 4 is 17.6 Å². The lowest BCUT2D eigenvalue weighted by atomic mass is 10.1. The van der Waals surface area contributed by atoms with Crippen LogP contribution in [0.2, 0.25) is 5.02 Å². The van der Waals surface area contributed by atoms with Gasteiger partial charge in [-0.1, -0.05) is 76.3 Å². The zero-order valence-electron chi connectivity index (χ0n) is 14.5. The van der Waals surface area contributed by atoms with Crippen molar-refractivity contribution in [3.05, 3.63) is 16.9 Å². The summed E-state index contributed by atoms with van der Waals surface area (Å²) in [6.07, 6.45) is 14.5. The molecule has 0 atom stereocenters. The Kier molecular flexibility index (Phi) is 10.6. The number of methoxy groups -OCH3 is 1. The van der Waals surface area contributed by atoms with E-state index < -0.39 is 5.97 Å². The van der Waals surface area contributed by atoms with Gasteiger partial charge in [-0.25, -0.2) is 4.79 Å². The first kappa shape index (κ1) is 19.9. The zero-order chi connectivity index (χ0) is 16.9. The average Bonchev–Trinajstić information content (AvgIpc) is 2.93. The Hall–Kier alpha value is -1.16. The molecule has 0 aliphatic heterocycles. The van der Waals surface area contributed by atoms with Gasteiger partial charge in [0.05, 0.1) is 13.7 Å². The monoisotopic (exact) mass is 343 g/mol. The third-order valence-electron chi connectivity index (χ3n) is 3.93. The van der Waals surface area contributed by atoms with Crippen molar-refractivity contribution in [3.63, 3.8) is 0 Å². The molecule has 0 bridgehead atoms. The van der Waals surface area contributed by atoms with Crippen LogP contribution in [0, 0.1) is 0 Å². The van der Waals surface area contributed by atoms with E-state index in [2.05, 4.69) is 16.6 Å². The van der Waals surface area contributed by atoms with Gasteiger partial charge in [-0.2, -0.15) is 0 Å².